The van der Waals surface area contributed by atoms with E-state index < -0.39 is 5.82 Å². The van der Waals surface area contributed by atoms with E-state index >= 15 is 0 Å². The molecule has 2 heterocycles. The van der Waals surface area contributed by atoms with Crippen molar-refractivity contribution in [2.45, 2.75) is 32.8 Å². The second-order valence-electron chi connectivity index (χ2n) is 4.42. The van der Waals surface area contributed by atoms with Crippen LogP contribution < -0.4 is 10.1 Å². The highest BCUT2D eigenvalue weighted by Crippen LogP contribution is 2.21. The van der Waals surface area contributed by atoms with Crippen LogP contribution in [-0.4, -0.2) is 29.2 Å². The van der Waals surface area contributed by atoms with Crippen molar-refractivity contribution in [1.82, 2.24) is 15.3 Å². The first-order valence-electron chi connectivity index (χ1n) is 6.09. The Kier molecular flexibility index (Phi) is 3.89. The van der Waals surface area contributed by atoms with Crippen LogP contribution in [0, 0.1) is 11.7 Å². The van der Waals surface area contributed by atoms with Crippen molar-refractivity contribution in [1.29, 1.82) is 0 Å². The van der Waals surface area contributed by atoms with Gasteiger partial charge in [-0.05, 0) is 25.3 Å². The molecule has 1 N–H and O–H groups in total. The molecule has 0 bridgehead atoms. The van der Waals surface area contributed by atoms with Crippen molar-refractivity contribution in [3.63, 3.8) is 0 Å². The summed E-state index contributed by atoms with van der Waals surface area (Å²) in [5, 5.41) is 3.24. The van der Waals surface area contributed by atoms with Crippen LogP contribution in [0.15, 0.2) is 6.33 Å². The average Bonchev–Trinajstić information content (AvgIpc) is 2.34. The van der Waals surface area contributed by atoms with Crippen LogP contribution in [0.5, 0.6) is 5.88 Å². The number of nitrogens with one attached hydrogen (secondary N) is 1. The number of aryl methyl sites for hydroxylation is 1. The topological polar surface area (TPSA) is 47.0 Å². The Hall–Kier alpha value is -1.23. The summed E-state index contributed by atoms with van der Waals surface area (Å²) in [4.78, 5) is 7.77. The fourth-order valence-electron chi connectivity index (χ4n) is 1.98. The van der Waals surface area contributed by atoms with Gasteiger partial charge in [0.05, 0.1) is 5.69 Å². The van der Waals surface area contributed by atoms with Crippen LogP contribution in [0.1, 0.15) is 26.0 Å². The lowest BCUT2D eigenvalue weighted by Gasteiger charge is -2.29. The van der Waals surface area contributed by atoms with E-state index in [0.29, 0.717) is 18.0 Å². The summed E-state index contributed by atoms with van der Waals surface area (Å²) in [5.74, 6) is 0.0702. The van der Waals surface area contributed by atoms with Gasteiger partial charge in [-0.25, -0.2) is 4.98 Å². The molecule has 1 aliphatic heterocycles. The molecule has 17 heavy (non-hydrogen) atoms. The van der Waals surface area contributed by atoms with E-state index in [4.69, 9.17) is 4.74 Å². The van der Waals surface area contributed by atoms with Gasteiger partial charge in [0, 0.05) is 6.54 Å². The van der Waals surface area contributed by atoms with Gasteiger partial charge in [0.1, 0.15) is 12.4 Å². The Morgan fingerprint density at radius 1 is 1.53 bits per heavy atom. The summed E-state index contributed by atoms with van der Waals surface area (Å²) in [7, 11) is 0. The molecule has 0 amide bonds. The first-order valence-corrected chi connectivity index (χ1v) is 6.09. The van der Waals surface area contributed by atoms with Crippen molar-refractivity contribution < 1.29 is 9.13 Å². The first kappa shape index (κ1) is 12.2. The Bertz CT molecular complexity index is 386. The minimum atomic E-state index is -0.423. The molecule has 4 nitrogen and oxygen atoms in total. The zero-order chi connectivity index (χ0) is 12.3. The number of nitrogens with zero attached hydrogens (tertiary/aromatic N) is 2. The molecule has 0 saturated carbocycles. The summed E-state index contributed by atoms with van der Waals surface area (Å²) in [6.45, 7) is 5.71. The van der Waals surface area contributed by atoms with Crippen LogP contribution in [-0.2, 0) is 6.42 Å². The Morgan fingerprint density at radius 3 is 3.06 bits per heavy atom. The van der Waals surface area contributed by atoms with Crippen LogP contribution >= 0.6 is 0 Å². The molecular formula is C12H18FN3O. The Balaban J connectivity index is 2.12. The van der Waals surface area contributed by atoms with E-state index in [1.807, 2.05) is 6.92 Å². The Morgan fingerprint density at radius 2 is 2.35 bits per heavy atom. The molecule has 1 fully saturated rings. The number of aromatic nitrogens is 2. The van der Waals surface area contributed by atoms with Gasteiger partial charge in [0.25, 0.3) is 5.88 Å². The second-order valence-corrected chi connectivity index (χ2v) is 4.42. The lowest BCUT2D eigenvalue weighted by molar-refractivity contribution is 0.104. The van der Waals surface area contributed by atoms with E-state index in [-0.39, 0.29) is 12.0 Å². The molecule has 0 radical (unpaired) electrons. The molecule has 1 aromatic heterocycles. The zero-order valence-electron chi connectivity index (χ0n) is 10.2. The first-order chi connectivity index (χ1) is 8.22. The van der Waals surface area contributed by atoms with Crippen LogP contribution in [0.3, 0.4) is 0 Å². The van der Waals surface area contributed by atoms with E-state index in [1.165, 1.54) is 6.33 Å². The Labute approximate surface area is 101 Å². The van der Waals surface area contributed by atoms with Crippen LogP contribution in [0.25, 0.3) is 0 Å². The van der Waals surface area contributed by atoms with Gasteiger partial charge >= 0.3 is 0 Å². The molecule has 0 spiro atoms. The summed E-state index contributed by atoms with van der Waals surface area (Å²) < 4.78 is 19.5. The highest BCUT2D eigenvalue weighted by atomic mass is 19.1. The molecule has 1 saturated heterocycles. The zero-order valence-corrected chi connectivity index (χ0v) is 10.2. The highest BCUT2D eigenvalue weighted by molar-refractivity contribution is 5.17. The maximum Gasteiger partial charge on any atom is 0.254 e. The van der Waals surface area contributed by atoms with Gasteiger partial charge in [0.2, 0.25) is 5.82 Å². The SMILES string of the molecule is CCc1ncnc(OC2CNCCC2C)c1F. The van der Waals surface area contributed by atoms with E-state index in [1.54, 1.807) is 0 Å². The number of halogens is 1. The van der Waals surface area contributed by atoms with Gasteiger partial charge in [-0.3, -0.25) is 0 Å². The van der Waals surface area contributed by atoms with Crippen molar-refractivity contribution in [3.05, 3.63) is 17.8 Å². The molecule has 1 aromatic rings. The third-order valence-electron chi connectivity index (χ3n) is 3.18. The number of hydrogen-bond acceptors (Lipinski definition) is 4. The molecule has 1 aliphatic rings. The fraction of sp³-hybridized carbons (Fsp3) is 0.667. The minimum Gasteiger partial charge on any atom is -0.471 e. The van der Waals surface area contributed by atoms with Gasteiger partial charge < -0.3 is 10.1 Å². The standard InChI is InChI=1S/C12H18FN3O/c1-3-9-11(13)12(16-7-15-9)17-10-6-14-5-4-8(10)2/h7-8,10,14H,3-6H2,1-2H3. The van der Waals surface area contributed by atoms with Gasteiger partial charge in [0.15, 0.2) is 0 Å². The maximum absolute atomic E-state index is 13.9. The number of piperidine rings is 1. The second kappa shape index (κ2) is 5.40. The van der Waals surface area contributed by atoms with Crippen molar-refractivity contribution in [2.24, 2.45) is 5.92 Å². The summed E-state index contributed by atoms with van der Waals surface area (Å²) in [5.41, 5.74) is 0.409. The van der Waals surface area contributed by atoms with Gasteiger partial charge in [-0.1, -0.05) is 13.8 Å². The fourth-order valence-corrected chi connectivity index (χ4v) is 1.98. The van der Waals surface area contributed by atoms with Crippen molar-refractivity contribution >= 4 is 0 Å². The molecule has 0 aliphatic carbocycles. The largest absolute Gasteiger partial charge is 0.471 e. The molecule has 94 valence electrons. The van der Waals surface area contributed by atoms with Crippen LogP contribution in [0.2, 0.25) is 0 Å². The van der Waals surface area contributed by atoms with E-state index in [0.717, 1.165) is 19.5 Å². The van der Waals surface area contributed by atoms with Crippen LogP contribution in [0.4, 0.5) is 4.39 Å². The molecule has 2 rings (SSSR count). The quantitative estimate of drug-likeness (QED) is 0.869. The minimum absolute atomic E-state index is 0.0159. The monoisotopic (exact) mass is 239 g/mol. The normalized spacial score (nSPS) is 24.6. The third kappa shape index (κ3) is 2.72. The molecular weight excluding hydrogens is 221 g/mol. The van der Waals surface area contributed by atoms with E-state index in [2.05, 4.69) is 22.2 Å². The number of rotatable bonds is 3. The van der Waals surface area contributed by atoms with Gasteiger partial charge in [-0.15, -0.1) is 0 Å². The molecule has 2 atom stereocenters. The number of ether oxygens (including phenoxy) is 1. The lowest BCUT2D eigenvalue weighted by Crippen LogP contribution is -2.43. The molecule has 0 aromatic carbocycles. The number of hydrogen-bond donors (Lipinski definition) is 1. The van der Waals surface area contributed by atoms with Crippen molar-refractivity contribution in [2.75, 3.05) is 13.1 Å². The van der Waals surface area contributed by atoms with Crippen molar-refractivity contribution in [3.8, 4) is 5.88 Å². The summed E-state index contributed by atoms with van der Waals surface area (Å²) in [6.07, 6.45) is 2.93. The maximum atomic E-state index is 13.9. The highest BCUT2D eigenvalue weighted by Gasteiger charge is 2.24. The molecule has 5 heteroatoms. The predicted molar refractivity (Wildman–Crippen MR) is 62.4 cm³/mol. The summed E-state index contributed by atoms with van der Waals surface area (Å²) >= 11 is 0. The average molecular weight is 239 g/mol. The smallest absolute Gasteiger partial charge is 0.254 e. The molecule has 2 unspecified atom stereocenters. The van der Waals surface area contributed by atoms with E-state index in [9.17, 15) is 4.39 Å². The third-order valence-corrected chi connectivity index (χ3v) is 3.18. The van der Waals surface area contributed by atoms with Gasteiger partial charge in [-0.2, -0.15) is 9.37 Å². The predicted octanol–water partition coefficient (Wildman–Crippen LogP) is 1.55. The summed E-state index contributed by atoms with van der Waals surface area (Å²) in [6, 6.07) is 0. The lowest BCUT2D eigenvalue weighted by atomic mass is 9.97.